The number of nitrogens with two attached hydrogens (primary N) is 1. The fourth-order valence-electron chi connectivity index (χ4n) is 0.983. The van der Waals surface area contributed by atoms with Gasteiger partial charge in [-0.1, -0.05) is 11.8 Å². The van der Waals surface area contributed by atoms with E-state index in [1.54, 1.807) is 0 Å². The fraction of sp³-hybridized carbons (Fsp3) is 0.111. The van der Waals surface area contributed by atoms with E-state index in [2.05, 4.69) is 11.8 Å². The van der Waals surface area contributed by atoms with Crippen LogP contribution in [0.4, 0.5) is 4.39 Å². The molecule has 0 saturated carbocycles. The van der Waals surface area contributed by atoms with Crippen molar-refractivity contribution < 1.29 is 17.9 Å². The number of aliphatic hydroxyl groups excluding tert-OH is 1. The summed E-state index contributed by atoms with van der Waals surface area (Å²) in [6, 6.07) is 2.96. The van der Waals surface area contributed by atoms with Gasteiger partial charge < -0.3 is 5.11 Å². The largest absolute Gasteiger partial charge is 0.384 e. The first-order chi connectivity index (χ1) is 6.95. The Morgan fingerprint density at radius 3 is 2.67 bits per heavy atom. The van der Waals surface area contributed by atoms with Crippen molar-refractivity contribution in [2.45, 2.75) is 4.90 Å². The van der Waals surface area contributed by atoms with Gasteiger partial charge in [0.2, 0.25) is 10.0 Å². The second-order valence-electron chi connectivity index (χ2n) is 2.65. The number of rotatable bonds is 1. The third kappa shape index (κ3) is 3.02. The van der Waals surface area contributed by atoms with Gasteiger partial charge in [-0.2, -0.15) is 0 Å². The van der Waals surface area contributed by atoms with Crippen molar-refractivity contribution in [1.29, 1.82) is 0 Å². The van der Waals surface area contributed by atoms with Crippen molar-refractivity contribution in [3.63, 3.8) is 0 Å². The summed E-state index contributed by atoms with van der Waals surface area (Å²) >= 11 is 0. The van der Waals surface area contributed by atoms with Crippen LogP contribution in [0.3, 0.4) is 0 Å². The molecule has 0 radical (unpaired) electrons. The predicted octanol–water partition coefficient (Wildman–Crippen LogP) is -0.183. The summed E-state index contributed by atoms with van der Waals surface area (Å²) in [4.78, 5) is -0.259. The molecule has 0 atom stereocenters. The molecule has 0 aromatic heterocycles. The number of hydrogen-bond acceptors (Lipinski definition) is 3. The summed E-state index contributed by atoms with van der Waals surface area (Å²) in [5.41, 5.74) is -0.0634. The topological polar surface area (TPSA) is 80.4 Å². The fourth-order valence-corrected chi connectivity index (χ4v) is 1.66. The summed E-state index contributed by atoms with van der Waals surface area (Å²) in [5.74, 6) is 3.91. The van der Waals surface area contributed by atoms with Crippen molar-refractivity contribution >= 4 is 10.0 Å². The van der Waals surface area contributed by atoms with Gasteiger partial charge >= 0.3 is 0 Å². The average Bonchev–Trinajstić information content (AvgIpc) is 2.12. The zero-order valence-electron chi connectivity index (χ0n) is 7.57. The highest BCUT2D eigenvalue weighted by molar-refractivity contribution is 7.89. The van der Waals surface area contributed by atoms with E-state index in [1.807, 2.05) is 0 Å². The lowest BCUT2D eigenvalue weighted by molar-refractivity contribution is 0.350. The maximum absolute atomic E-state index is 12.8. The van der Waals surface area contributed by atoms with E-state index >= 15 is 0 Å². The molecule has 4 nitrogen and oxygen atoms in total. The SMILES string of the molecule is NS(=O)(=O)c1ccc(F)cc1C#CCO. The Bertz CT molecular complexity index is 528. The van der Waals surface area contributed by atoms with Crippen LogP contribution < -0.4 is 5.14 Å². The lowest BCUT2D eigenvalue weighted by Crippen LogP contribution is -2.13. The van der Waals surface area contributed by atoms with Gasteiger partial charge in [-0.25, -0.2) is 17.9 Å². The minimum atomic E-state index is -3.93. The zero-order chi connectivity index (χ0) is 11.5. The van der Waals surface area contributed by atoms with E-state index in [0.29, 0.717) is 0 Å². The highest BCUT2D eigenvalue weighted by Gasteiger charge is 2.12. The molecule has 0 heterocycles. The summed E-state index contributed by atoms with van der Waals surface area (Å²) < 4.78 is 34.9. The first-order valence-electron chi connectivity index (χ1n) is 3.87. The number of primary sulfonamides is 1. The third-order valence-electron chi connectivity index (χ3n) is 1.55. The molecule has 0 unspecified atom stereocenters. The summed E-state index contributed by atoms with van der Waals surface area (Å²) in [7, 11) is -3.93. The smallest absolute Gasteiger partial charge is 0.239 e. The molecule has 0 bridgehead atoms. The Morgan fingerprint density at radius 2 is 2.13 bits per heavy atom. The van der Waals surface area contributed by atoms with Crippen LogP contribution in [-0.4, -0.2) is 20.1 Å². The highest BCUT2D eigenvalue weighted by atomic mass is 32.2. The Labute approximate surface area is 86.6 Å². The summed E-state index contributed by atoms with van der Waals surface area (Å²) in [5, 5.41) is 13.3. The van der Waals surface area contributed by atoms with Crippen LogP contribution in [0, 0.1) is 17.7 Å². The molecule has 15 heavy (non-hydrogen) atoms. The van der Waals surface area contributed by atoms with Crippen LogP contribution in [0.25, 0.3) is 0 Å². The van der Waals surface area contributed by atoms with Gasteiger partial charge in [-0.15, -0.1) is 0 Å². The zero-order valence-corrected chi connectivity index (χ0v) is 8.38. The Morgan fingerprint density at radius 1 is 1.47 bits per heavy atom. The molecule has 0 fully saturated rings. The van der Waals surface area contributed by atoms with Crippen LogP contribution >= 0.6 is 0 Å². The van der Waals surface area contributed by atoms with Gasteiger partial charge in [0.15, 0.2) is 0 Å². The summed E-state index contributed by atoms with van der Waals surface area (Å²) in [6.45, 7) is -0.444. The molecule has 0 saturated heterocycles. The van der Waals surface area contributed by atoms with Gasteiger partial charge in [-0.3, -0.25) is 0 Å². The number of sulfonamides is 1. The maximum Gasteiger partial charge on any atom is 0.239 e. The minimum absolute atomic E-state index is 0.0634. The van der Waals surface area contributed by atoms with E-state index in [-0.39, 0.29) is 10.5 Å². The molecule has 6 heteroatoms. The van der Waals surface area contributed by atoms with Gasteiger partial charge in [0.05, 0.1) is 4.90 Å². The molecule has 0 aliphatic carbocycles. The monoisotopic (exact) mass is 229 g/mol. The molecule has 1 aromatic rings. The van der Waals surface area contributed by atoms with Crippen molar-refractivity contribution in [3.05, 3.63) is 29.6 Å². The second kappa shape index (κ2) is 4.40. The van der Waals surface area contributed by atoms with Gasteiger partial charge in [0, 0.05) is 5.56 Å². The molecule has 0 aliphatic heterocycles. The molecule has 80 valence electrons. The first-order valence-corrected chi connectivity index (χ1v) is 5.42. The highest BCUT2D eigenvalue weighted by Crippen LogP contribution is 2.14. The predicted molar refractivity (Wildman–Crippen MR) is 51.7 cm³/mol. The molecule has 0 spiro atoms. The quantitative estimate of drug-likeness (QED) is 0.655. The Kier molecular flexibility index (Phi) is 3.42. The molecular weight excluding hydrogens is 221 g/mol. The average molecular weight is 229 g/mol. The number of halogens is 1. The van der Waals surface area contributed by atoms with Crippen LogP contribution in [0.15, 0.2) is 23.1 Å². The second-order valence-corrected chi connectivity index (χ2v) is 4.18. The lowest BCUT2D eigenvalue weighted by Gasteiger charge is -2.01. The van der Waals surface area contributed by atoms with Gasteiger partial charge in [0.25, 0.3) is 0 Å². The molecule has 1 rings (SSSR count). The third-order valence-corrected chi connectivity index (χ3v) is 2.52. The van der Waals surface area contributed by atoms with E-state index in [0.717, 1.165) is 18.2 Å². The first kappa shape index (κ1) is 11.7. The molecule has 0 aliphatic rings. The van der Waals surface area contributed by atoms with E-state index < -0.39 is 22.4 Å². The molecule has 3 N–H and O–H groups in total. The van der Waals surface area contributed by atoms with Crippen LogP contribution in [0.1, 0.15) is 5.56 Å². The van der Waals surface area contributed by atoms with Gasteiger partial charge in [0.1, 0.15) is 12.4 Å². The van der Waals surface area contributed by atoms with Crippen molar-refractivity contribution in [2.24, 2.45) is 5.14 Å². The number of benzene rings is 1. The van der Waals surface area contributed by atoms with Crippen molar-refractivity contribution in [3.8, 4) is 11.8 Å². The number of aliphatic hydroxyl groups is 1. The normalized spacial score (nSPS) is 10.6. The molecule has 1 aromatic carbocycles. The van der Waals surface area contributed by atoms with Crippen LogP contribution in [0.5, 0.6) is 0 Å². The Hall–Kier alpha value is -1.42. The lowest BCUT2D eigenvalue weighted by atomic mass is 10.2. The van der Waals surface area contributed by atoms with Gasteiger partial charge in [-0.05, 0) is 18.2 Å². The van der Waals surface area contributed by atoms with Crippen LogP contribution in [-0.2, 0) is 10.0 Å². The standard InChI is InChI=1S/C9H8FNO3S/c10-8-3-4-9(15(11,13)14)7(6-8)2-1-5-12/h3-4,6,12H,5H2,(H2,11,13,14). The van der Waals surface area contributed by atoms with Crippen LogP contribution in [0.2, 0.25) is 0 Å². The van der Waals surface area contributed by atoms with Crippen molar-refractivity contribution in [2.75, 3.05) is 6.61 Å². The van der Waals surface area contributed by atoms with Crippen molar-refractivity contribution in [1.82, 2.24) is 0 Å². The van der Waals surface area contributed by atoms with E-state index in [4.69, 9.17) is 10.2 Å². The minimum Gasteiger partial charge on any atom is -0.384 e. The van der Waals surface area contributed by atoms with E-state index in [1.165, 1.54) is 0 Å². The van der Waals surface area contributed by atoms with E-state index in [9.17, 15) is 12.8 Å². The maximum atomic E-state index is 12.8. The Balaban J connectivity index is 3.40. The summed E-state index contributed by atoms with van der Waals surface area (Å²) in [6.07, 6.45) is 0. The molecule has 0 amide bonds. The number of hydrogen-bond donors (Lipinski definition) is 2. The molecular formula is C9H8FNO3S.